The first-order valence-corrected chi connectivity index (χ1v) is 7.30. The minimum atomic E-state index is 0.0764. The predicted octanol–water partition coefficient (Wildman–Crippen LogP) is 4.55. The Balaban J connectivity index is 2.41. The maximum atomic E-state index is 8.84. The zero-order valence-electron chi connectivity index (χ0n) is 10.6. The molecule has 0 amide bonds. The van der Waals surface area contributed by atoms with Crippen molar-refractivity contribution in [2.75, 3.05) is 0 Å². The van der Waals surface area contributed by atoms with Gasteiger partial charge in [-0.05, 0) is 42.8 Å². The van der Waals surface area contributed by atoms with E-state index in [0.29, 0.717) is 15.6 Å². The van der Waals surface area contributed by atoms with Crippen molar-refractivity contribution in [3.05, 3.63) is 57.6 Å². The molecule has 0 saturated carbocycles. The Morgan fingerprint density at radius 3 is 2.55 bits per heavy atom. The topological polar surface area (TPSA) is 58.6 Å². The Kier molecular flexibility index (Phi) is 4.81. The number of nitrogens with two attached hydrogens (primary N) is 1. The van der Waals surface area contributed by atoms with Crippen molar-refractivity contribution in [2.45, 2.75) is 16.7 Å². The number of hydrogen-bond acceptors (Lipinski definition) is 3. The SMILES string of the molecule is Cc1ccc(C(N)=NO)c(Sc2ccc(Cl)c(Cl)c2)c1. The van der Waals surface area contributed by atoms with Gasteiger partial charge in [0.2, 0.25) is 0 Å². The monoisotopic (exact) mass is 326 g/mol. The van der Waals surface area contributed by atoms with Crippen molar-refractivity contribution in [3.8, 4) is 0 Å². The van der Waals surface area contributed by atoms with Gasteiger partial charge in [-0.25, -0.2) is 0 Å². The second-order valence-electron chi connectivity index (χ2n) is 4.16. The molecule has 6 heteroatoms. The number of hydrogen-bond donors (Lipinski definition) is 2. The van der Waals surface area contributed by atoms with Crippen LogP contribution < -0.4 is 5.73 Å². The van der Waals surface area contributed by atoms with Gasteiger partial charge in [0.1, 0.15) is 0 Å². The van der Waals surface area contributed by atoms with Crippen molar-refractivity contribution < 1.29 is 5.21 Å². The van der Waals surface area contributed by atoms with Crippen LogP contribution in [0.2, 0.25) is 10.0 Å². The highest BCUT2D eigenvalue weighted by Gasteiger charge is 2.10. The molecule has 3 nitrogen and oxygen atoms in total. The second kappa shape index (κ2) is 6.39. The van der Waals surface area contributed by atoms with E-state index in [1.165, 1.54) is 11.8 Å². The average molecular weight is 327 g/mol. The fraction of sp³-hybridized carbons (Fsp3) is 0.0714. The summed E-state index contributed by atoms with van der Waals surface area (Å²) in [6.07, 6.45) is 0. The molecule has 104 valence electrons. The van der Waals surface area contributed by atoms with Gasteiger partial charge in [0.25, 0.3) is 0 Å². The van der Waals surface area contributed by atoms with E-state index in [1.54, 1.807) is 12.1 Å². The van der Waals surface area contributed by atoms with E-state index >= 15 is 0 Å². The number of benzene rings is 2. The van der Waals surface area contributed by atoms with Gasteiger partial charge >= 0.3 is 0 Å². The summed E-state index contributed by atoms with van der Waals surface area (Å²) in [5, 5.41) is 12.9. The zero-order valence-corrected chi connectivity index (χ0v) is 12.9. The molecule has 0 bridgehead atoms. The molecule has 0 heterocycles. The molecule has 0 aromatic heterocycles. The molecule has 20 heavy (non-hydrogen) atoms. The fourth-order valence-electron chi connectivity index (χ4n) is 1.65. The van der Waals surface area contributed by atoms with E-state index in [0.717, 1.165) is 15.4 Å². The molecule has 0 radical (unpaired) electrons. The molecule has 2 aromatic rings. The molecule has 0 aliphatic rings. The maximum Gasteiger partial charge on any atom is 0.171 e. The smallest absolute Gasteiger partial charge is 0.171 e. The number of halogens is 2. The molecule has 0 saturated heterocycles. The number of oxime groups is 1. The Labute approximate surface area is 131 Å². The third kappa shape index (κ3) is 3.39. The van der Waals surface area contributed by atoms with E-state index in [2.05, 4.69) is 5.16 Å². The van der Waals surface area contributed by atoms with Gasteiger partial charge in [-0.2, -0.15) is 0 Å². The van der Waals surface area contributed by atoms with Gasteiger partial charge in [0.05, 0.1) is 10.0 Å². The number of nitrogens with zero attached hydrogens (tertiary/aromatic N) is 1. The molecule has 0 atom stereocenters. The van der Waals surface area contributed by atoms with Crippen molar-refractivity contribution >= 4 is 40.8 Å². The van der Waals surface area contributed by atoms with E-state index in [4.69, 9.17) is 34.1 Å². The van der Waals surface area contributed by atoms with Crippen LogP contribution in [0.25, 0.3) is 0 Å². The Morgan fingerprint density at radius 1 is 1.15 bits per heavy atom. The molecular formula is C14H12Cl2N2OS. The van der Waals surface area contributed by atoms with E-state index in [1.807, 2.05) is 31.2 Å². The van der Waals surface area contributed by atoms with Crippen LogP contribution in [0.15, 0.2) is 51.3 Å². The van der Waals surface area contributed by atoms with Crippen LogP contribution in [0.5, 0.6) is 0 Å². The molecule has 0 unspecified atom stereocenters. The van der Waals surface area contributed by atoms with Gasteiger partial charge in [-0.1, -0.05) is 46.2 Å². The molecular weight excluding hydrogens is 315 g/mol. The standard InChI is InChI=1S/C14H12Cl2N2OS/c1-8-2-4-10(14(17)18-19)13(6-8)20-9-3-5-11(15)12(16)7-9/h2-7,19H,1H3,(H2,17,18). The average Bonchev–Trinajstić information content (AvgIpc) is 2.42. The fourth-order valence-corrected chi connectivity index (χ4v) is 3.10. The van der Waals surface area contributed by atoms with Crippen molar-refractivity contribution in [1.29, 1.82) is 0 Å². The molecule has 0 spiro atoms. The van der Waals surface area contributed by atoms with Gasteiger partial charge in [-0.3, -0.25) is 0 Å². The highest BCUT2D eigenvalue weighted by molar-refractivity contribution is 7.99. The summed E-state index contributed by atoms with van der Waals surface area (Å²) in [6.45, 7) is 1.98. The van der Waals surface area contributed by atoms with Crippen LogP contribution in [0, 0.1) is 6.92 Å². The summed E-state index contributed by atoms with van der Waals surface area (Å²) >= 11 is 13.4. The first-order valence-electron chi connectivity index (χ1n) is 5.72. The van der Waals surface area contributed by atoms with Crippen molar-refractivity contribution in [2.24, 2.45) is 10.9 Å². The molecule has 3 N–H and O–H groups in total. The Bertz CT molecular complexity index is 674. The predicted molar refractivity (Wildman–Crippen MR) is 84.3 cm³/mol. The Hall–Kier alpha value is -1.36. The molecule has 2 aromatic carbocycles. The van der Waals surface area contributed by atoms with Gasteiger partial charge in [0, 0.05) is 15.4 Å². The zero-order chi connectivity index (χ0) is 14.7. The quantitative estimate of drug-likeness (QED) is 0.376. The highest BCUT2D eigenvalue weighted by atomic mass is 35.5. The molecule has 0 aliphatic carbocycles. The van der Waals surface area contributed by atoms with Crippen LogP contribution in [-0.4, -0.2) is 11.0 Å². The maximum absolute atomic E-state index is 8.84. The lowest BCUT2D eigenvalue weighted by Gasteiger charge is -2.09. The minimum Gasteiger partial charge on any atom is -0.409 e. The first kappa shape index (κ1) is 15.0. The highest BCUT2D eigenvalue weighted by Crippen LogP contribution is 2.34. The lowest BCUT2D eigenvalue weighted by atomic mass is 10.1. The largest absolute Gasteiger partial charge is 0.409 e. The normalized spacial score (nSPS) is 11.7. The number of amidine groups is 1. The van der Waals surface area contributed by atoms with Crippen LogP contribution in [0.4, 0.5) is 0 Å². The van der Waals surface area contributed by atoms with Crippen molar-refractivity contribution in [3.63, 3.8) is 0 Å². The lowest BCUT2D eigenvalue weighted by molar-refractivity contribution is 0.318. The third-order valence-corrected chi connectivity index (χ3v) is 4.43. The van der Waals surface area contributed by atoms with Gasteiger partial charge < -0.3 is 10.9 Å². The van der Waals surface area contributed by atoms with Gasteiger partial charge in [0.15, 0.2) is 5.84 Å². The first-order chi connectivity index (χ1) is 9.51. The van der Waals surface area contributed by atoms with Crippen LogP contribution in [-0.2, 0) is 0 Å². The van der Waals surface area contributed by atoms with Crippen molar-refractivity contribution in [1.82, 2.24) is 0 Å². The van der Waals surface area contributed by atoms with Crippen LogP contribution >= 0.6 is 35.0 Å². The minimum absolute atomic E-state index is 0.0764. The van der Waals surface area contributed by atoms with E-state index < -0.39 is 0 Å². The van der Waals surface area contributed by atoms with E-state index in [-0.39, 0.29) is 5.84 Å². The van der Waals surface area contributed by atoms with Crippen LogP contribution in [0.1, 0.15) is 11.1 Å². The summed E-state index contributed by atoms with van der Waals surface area (Å²) in [6, 6.07) is 11.1. The second-order valence-corrected chi connectivity index (χ2v) is 6.09. The Morgan fingerprint density at radius 2 is 1.90 bits per heavy atom. The molecule has 0 aliphatic heterocycles. The summed E-state index contributed by atoms with van der Waals surface area (Å²) in [7, 11) is 0. The van der Waals surface area contributed by atoms with E-state index in [9.17, 15) is 0 Å². The summed E-state index contributed by atoms with van der Waals surface area (Å²) < 4.78 is 0. The van der Waals surface area contributed by atoms with Gasteiger partial charge in [-0.15, -0.1) is 0 Å². The third-order valence-electron chi connectivity index (χ3n) is 2.64. The summed E-state index contributed by atoms with van der Waals surface area (Å²) in [5.74, 6) is 0.0764. The van der Waals surface area contributed by atoms with Crippen LogP contribution in [0.3, 0.4) is 0 Å². The number of rotatable bonds is 3. The lowest BCUT2D eigenvalue weighted by Crippen LogP contribution is -2.14. The summed E-state index contributed by atoms with van der Waals surface area (Å²) in [4.78, 5) is 1.82. The number of aryl methyl sites for hydroxylation is 1. The molecule has 0 fully saturated rings. The molecule has 2 rings (SSSR count). The summed E-state index contributed by atoms with van der Waals surface area (Å²) in [5.41, 5.74) is 7.45.